The first-order valence-electron chi connectivity index (χ1n) is 15.5. The zero-order chi connectivity index (χ0) is 34.5. The largest absolute Gasteiger partial charge is 0.508 e. The van der Waals surface area contributed by atoms with Crippen LogP contribution in [0.1, 0.15) is 35.2 Å². The zero-order valence-corrected chi connectivity index (χ0v) is 28.6. The summed E-state index contributed by atoms with van der Waals surface area (Å²) in [7, 11) is -3.56. The van der Waals surface area contributed by atoms with Crippen LogP contribution in [0.5, 0.6) is 17.2 Å². The minimum Gasteiger partial charge on any atom is -0.508 e. The highest BCUT2D eigenvalue weighted by Crippen LogP contribution is 2.23. The first kappa shape index (κ1) is 36.3. The summed E-state index contributed by atoms with van der Waals surface area (Å²) in [6.45, 7) is 2.46. The molecule has 8 nitrogen and oxygen atoms in total. The highest BCUT2D eigenvalue weighted by molar-refractivity contribution is 8.00. The highest BCUT2D eigenvalue weighted by Gasteiger charge is 2.18. The summed E-state index contributed by atoms with van der Waals surface area (Å²) in [6, 6.07) is 35.9. The highest BCUT2D eigenvalue weighted by atomic mass is 32.2. The topological polar surface area (TPSA) is 136 Å². The Hall–Kier alpha value is -4.51. The van der Waals surface area contributed by atoms with E-state index in [4.69, 9.17) is 14.7 Å². The molecule has 10 heteroatoms. The number of rotatable bonds is 14. The maximum absolute atomic E-state index is 11.7. The molecule has 0 heterocycles. The van der Waals surface area contributed by atoms with Gasteiger partial charge < -0.3 is 24.9 Å². The number of fused-ring (bicyclic) bond motifs is 1. The van der Waals surface area contributed by atoms with Crippen LogP contribution in [0, 0.1) is 0 Å². The second kappa shape index (κ2) is 17.6. The number of aromatic hydroxyl groups is 1. The van der Waals surface area contributed by atoms with Crippen molar-refractivity contribution < 1.29 is 32.3 Å². The van der Waals surface area contributed by atoms with Crippen LogP contribution in [0.25, 0.3) is 10.8 Å². The third kappa shape index (κ3) is 11.9. The van der Waals surface area contributed by atoms with Crippen LogP contribution in [0.15, 0.2) is 115 Å². The molecule has 48 heavy (non-hydrogen) atoms. The van der Waals surface area contributed by atoms with Crippen LogP contribution in [-0.2, 0) is 34.2 Å². The van der Waals surface area contributed by atoms with E-state index < -0.39 is 21.3 Å². The molecule has 252 valence electrons. The molecule has 0 amide bonds. The van der Waals surface area contributed by atoms with Crippen molar-refractivity contribution in [2.24, 2.45) is 5.73 Å². The number of carbonyl (C=O) groups is 1. The minimum absolute atomic E-state index is 0.103. The second-order valence-corrected chi connectivity index (χ2v) is 14.2. The summed E-state index contributed by atoms with van der Waals surface area (Å²) < 4.78 is 32.8. The molecule has 0 radical (unpaired) electrons. The third-order valence-electron chi connectivity index (χ3n) is 7.41. The van der Waals surface area contributed by atoms with Crippen molar-refractivity contribution in [1.29, 1.82) is 0 Å². The van der Waals surface area contributed by atoms with Crippen LogP contribution < -0.4 is 14.7 Å². The minimum atomic E-state index is -3.56. The molecule has 2 atom stereocenters. The molecule has 4 N–H and O–H groups in total. The van der Waals surface area contributed by atoms with E-state index in [1.807, 2.05) is 55.5 Å². The van der Waals surface area contributed by atoms with Gasteiger partial charge in [0.2, 0.25) is 0 Å². The van der Waals surface area contributed by atoms with Crippen molar-refractivity contribution in [2.45, 2.75) is 37.5 Å². The molecular weight excluding hydrogens is 647 g/mol. The number of carboxylic acid groups (broad SMARTS) is 1. The summed E-state index contributed by atoms with van der Waals surface area (Å²) >= 11 is 1.42. The maximum Gasteiger partial charge on any atom is 0.316 e. The number of aliphatic carboxylic acids is 1. The molecule has 5 rings (SSSR count). The predicted molar refractivity (Wildman–Crippen MR) is 194 cm³/mol. The lowest BCUT2D eigenvalue weighted by Crippen LogP contribution is -2.20. The van der Waals surface area contributed by atoms with Crippen molar-refractivity contribution in [3.05, 3.63) is 138 Å². The summed E-state index contributed by atoms with van der Waals surface area (Å²) in [5.74, 6) is 0.907. The Morgan fingerprint density at radius 1 is 0.792 bits per heavy atom. The van der Waals surface area contributed by atoms with Gasteiger partial charge in [0.1, 0.15) is 22.5 Å². The van der Waals surface area contributed by atoms with Gasteiger partial charge in [-0.15, -0.1) is 11.8 Å². The van der Waals surface area contributed by atoms with Gasteiger partial charge in [0.25, 0.3) is 0 Å². The van der Waals surface area contributed by atoms with Gasteiger partial charge >= 0.3 is 16.1 Å². The number of nitrogens with two attached hydrogens (primary N) is 1. The van der Waals surface area contributed by atoms with Crippen LogP contribution in [0.2, 0.25) is 0 Å². The van der Waals surface area contributed by atoms with Crippen molar-refractivity contribution >= 4 is 38.6 Å². The number of hydrogen-bond donors (Lipinski definition) is 3. The quantitative estimate of drug-likeness (QED) is 0.104. The molecule has 5 aromatic carbocycles. The van der Waals surface area contributed by atoms with Crippen LogP contribution in [0.4, 0.5) is 0 Å². The molecule has 5 aromatic rings. The van der Waals surface area contributed by atoms with E-state index in [0.29, 0.717) is 31.0 Å². The number of benzene rings is 5. The fraction of sp³-hybridized carbons (Fsp3) is 0.237. The number of ether oxygens (including phenoxy) is 1. The average molecular weight is 688 g/mol. The number of phenols is 1. The Kier molecular flexibility index (Phi) is 13.3. The van der Waals surface area contributed by atoms with Gasteiger partial charge in [-0.25, -0.2) is 0 Å². The molecule has 0 spiro atoms. The number of carboxylic acids is 1. The lowest BCUT2D eigenvalue weighted by Gasteiger charge is -2.13. The van der Waals surface area contributed by atoms with Gasteiger partial charge in [-0.2, -0.15) is 8.42 Å². The lowest BCUT2D eigenvalue weighted by molar-refractivity contribution is -0.136. The van der Waals surface area contributed by atoms with E-state index in [1.165, 1.54) is 40.2 Å². The van der Waals surface area contributed by atoms with Gasteiger partial charge in [0, 0.05) is 12.5 Å². The van der Waals surface area contributed by atoms with E-state index in [1.54, 1.807) is 24.3 Å². The Morgan fingerprint density at radius 2 is 1.38 bits per heavy atom. The summed E-state index contributed by atoms with van der Waals surface area (Å²) in [5, 5.41) is 21.0. The Morgan fingerprint density at radius 3 is 2.02 bits per heavy atom. The fourth-order valence-corrected chi connectivity index (χ4v) is 6.51. The monoisotopic (exact) mass is 687 g/mol. The first-order chi connectivity index (χ1) is 23.0. The van der Waals surface area contributed by atoms with Gasteiger partial charge in [-0.05, 0) is 94.9 Å². The summed E-state index contributed by atoms with van der Waals surface area (Å²) in [6.07, 6.45) is 2.84. The Balaban J connectivity index is 0.000000331. The van der Waals surface area contributed by atoms with E-state index in [2.05, 4.69) is 30.3 Å². The molecule has 0 aliphatic rings. The van der Waals surface area contributed by atoms with Crippen molar-refractivity contribution in [3.63, 3.8) is 0 Å². The van der Waals surface area contributed by atoms with Crippen molar-refractivity contribution in [3.8, 4) is 17.2 Å². The SMILES string of the molecule is CS(=O)(=O)Oc1ccc(OCCc2ccc(C[C@@H](SCCc3ccc(O)cc3)C(=O)O)cc2)cc1.C[C@H](N)c1cccc2ccccc12. The summed E-state index contributed by atoms with van der Waals surface area (Å²) in [4.78, 5) is 11.7. The normalized spacial score (nSPS) is 12.4. The molecule has 0 aliphatic carbocycles. The Labute approximate surface area is 286 Å². The number of phenolic OH excluding ortho intramolecular Hbond substituents is 1. The fourth-order valence-electron chi connectivity index (χ4n) is 4.96. The molecule has 0 bridgehead atoms. The van der Waals surface area contributed by atoms with E-state index >= 15 is 0 Å². The summed E-state index contributed by atoms with van der Waals surface area (Å²) in [5.41, 5.74) is 10.2. The van der Waals surface area contributed by atoms with E-state index in [-0.39, 0.29) is 17.5 Å². The van der Waals surface area contributed by atoms with E-state index in [9.17, 15) is 23.4 Å². The second-order valence-electron chi connectivity index (χ2n) is 11.3. The molecule has 0 saturated carbocycles. The standard InChI is InChI=1S/C26H28O7S2.C12H13N/c1-35(30,31)33-24-12-10-23(11-13-24)32-16-14-19-2-4-21(5-3-19)18-25(26(28)29)34-17-15-20-6-8-22(27)9-7-20;1-9(13)11-8-4-6-10-5-2-3-7-12(10)11/h2-13,25,27H,14-18H2,1H3,(H,28,29);2-9H,13H2,1H3/t25-;9-/m10/s1. The third-order valence-corrected chi connectivity index (χ3v) is 9.12. The van der Waals surface area contributed by atoms with Gasteiger partial charge in [-0.3, -0.25) is 4.79 Å². The number of thioether (sulfide) groups is 1. The molecule has 0 fully saturated rings. The zero-order valence-electron chi connectivity index (χ0n) is 27.0. The molecule has 0 saturated heterocycles. The van der Waals surface area contributed by atoms with Gasteiger partial charge in [0.15, 0.2) is 0 Å². The predicted octanol–water partition coefficient (Wildman–Crippen LogP) is 7.18. The maximum atomic E-state index is 11.7. The smallest absolute Gasteiger partial charge is 0.316 e. The molecule has 0 aliphatic heterocycles. The molecule has 0 unspecified atom stereocenters. The number of hydrogen-bond acceptors (Lipinski definition) is 8. The van der Waals surface area contributed by atoms with Crippen LogP contribution >= 0.6 is 11.8 Å². The van der Waals surface area contributed by atoms with Crippen molar-refractivity contribution in [2.75, 3.05) is 18.6 Å². The van der Waals surface area contributed by atoms with Crippen molar-refractivity contribution in [1.82, 2.24) is 0 Å². The van der Waals surface area contributed by atoms with E-state index in [0.717, 1.165) is 29.4 Å². The number of aryl methyl sites for hydroxylation is 1. The van der Waals surface area contributed by atoms with Crippen LogP contribution in [0.3, 0.4) is 0 Å². The Bertz CT molecular complexity index is 1850. The van der Waals surface area contributed by atoms with Crippen LogP contribution in [-0.4, -0.2) is 48.5 Å². The first-order valence-corrected chi connectivity index (χ1v) is 18.4. The molecule has 0 aromatic heterocycles. The van der Waals surface area contributed by atoms with Gasteiger partial charge in [-0.1, -0.05) is 78.9 Å². The lowest BCUT2D eigenvalue weighted by atomic mass is 10.0. The molecular formula is C38H41NO7S2. The average Bonchev–Trinajstić information content (AvgIpc) is 3.06. The van der Waals surface area contributed by atoms with Gasteiger partial charge in [0.05, 0.1) is 12.9 Å².